The summed E-state index contributed by atoms with van der Waals surface area (Å²) in [7, 11) is 1.50. The van der Waals surface area contributed by atoms with Gasteiger partial charge in [-0.25, -0.2) is 4.79 Å². The number of nitrogens with one attached hydrogen (secondary N) is 1. The third kappa shape index (κ3) is 5.58. The van der Waals surface area contributed by atoms with E-state index in [2.05, 4.69) is 5.32 Å². The molecule has 0 aromatic heterocycles. The Kier molecular flexibility index (Phi) is 5.59. The maximum absolute atomic E-state index is 12.0. The highest BCUT2D eigenvalue weighted by Gasteiger charge is 2.25. The second kappa shape index (κ2) is 6.96. The number of carbonyl (C=O) groups is 3. The van der Waals surface area contributed by atoms with Gasteiger partial charge < -0.3 is 20.2 Å². The predicted molar refractivity (Wildman–Crippen MR) is 68.7 cm³/mol. The monoisotopic (exact) mass is 271 g/mol. The van der Waals surface area contributed by atoms with Crippen LogP contribution in [-0.4, -0.2) is 65.5 Å². The van der Waals surface area contributed by atoms with Gasteiger partial charge in [0, 0.05) is 19.6 Å². The average molecular weight is 271 g/mol. The third-order valence-electron chi connectivity index (χ3n) is 2.74. The first-order valence-corrected chi connectivity index (χ1v) is 6.45. The average Bonchev–Trinajstić information content (AvgIpc) is 3.10. The summed E-state index contributed by atoms with van der Waals surface area (Å²) >= 11 is 0. The molecule has 0 spiro atoms. The summed E-state index contributed by atoms with van der Waals surface area (Å²) in [6.45, 7) is 1.83. The van der Waals surface area contributed by atoms with E-state index in [0.29, 0.717) is 13.0 Å². The molecule has 108 valence electrons. The van der Waals surface area contributed by atoms with Gasteiger partial charge in [-0.1, -0.05) is 6.92 Å². The predicted octanol–water partition coefficient (Wildman–Crippen LogP) is 0.113. The molecule has 7 nitrogen and oxygen atoms in total. The summed E-state index contributed by atoms with van der Waals surface area (Å²) in [5.74, 6) is -1.26. The summed E-state index contributed by atoms with van der Waals surface area (Å²) in [5, 5.41) is 11.5. The lowest BCUT2D eigenvalue weighted by Gasteiger charge is -2.26. The number of carboxylic acids is 1. The molecule has 0 aromatic carbocycles. The SMILES string of the molecule is CCCN(CC(=O)O)C(=O)N(C)CC(=O)NC1CC1. The van der Waals surface area contributed by atoms with E-state index in [9.17, 15) is 14.4 Å². The van der Waals surface area contributed by atoms with E-state index in [1.807, 2.05) is 6.92 Å². The van der Waals surface area contributed by atoms with Gasteiger partial charge in [0.1, 0.15) is 13.1 Å². The Balaban J connectivity index is 2.46. The van der Waals surface area contributed by atoms with E-state index in [-0.39, 0.29) is 25.0 Å². The molecule has 0 atom stereocenters. The first-order chi connectivity index (χ1) is 8.93. The van der Waals surface area contributed by atoms with Crippen LogP contribution < -0.4 is 5.32 Å². The zero-order chi connectivity index (χ0) is 14.4. The molecule has 0 saturated heterocycles. The van der Waals surface area contributed by atoms with Crippen molar-refractivity contribution >= 4 is 17.9 Å². The van der Waals surface area contributed by atoms with Crippen molar-refractivity contribution < 1.29 is 19.5 Å². The highest BCUT2D eigenvalue weighted by atomic mass is 16.4. The van der Waals surface area contributed by atoms with Crippen LogP contribution in [0.2, 0.25) is 0 Å². The first kappa shape index (κ1) is 15.3. The highest BCUT2D eigenvalue weighted by molar-refractivity contribution is 5.85. The Labute approximate surface area is 112 Å². The number of carbonyl (C=O) groups excluding carboxylic acids is 2. The molecule has 1 aliphatic carbocycles. The lowest BCUT2D eigenvalue weighted by atomic mass is 10.4. The summed E-state index contributed by atoms with van der Waals surface area (Å²) in [6.07, 6.45) is 2.65. The molecule has 19 heavy (non-hydrogen) atoms. The smallest absolute Gasteiger partial charge is 0.323 e. The molecular weight excluding hydrogens is 250 g/mol. The summed E-state index contributed by atoms with van der Waals surface area (Å²) in [4.78, 5) is 36.8. The molecule has 0 aliphatic heterocycles. The molecule has 2 N–H and O–H groups in total. The van der Waals surface area contributed by atoms with Crippen LogP contribution in [0, 0.1) is 0 Å². The molecule has 0 aromatic rings. The zero-order valence-corrected chi connectivity index (χ0v) is 11.4. The second-order valence-electron chi connectivity index (χ2n) is 4.80. The van der Waals surface area contributed by atoms with Crippen molar-refractivity contribution in [2.24, 2.45) is 0 Å². The minimum atomic E-state index is -1.06. The first-order valence-electron chi connectivity index (χ1n) is 6.45. The molecule has 1 rings (SSSR count). The van der Waals surface area contributed by atoms with Crippen molar-refractivity contribution in [3.63, 3.8) is 0 Å². The molecule has 7 heteroatoms. The van der Waals surface area contributed by atoms with Crippen LogP contribution in [0.5, 0.6) is 0 Å². The van der Waals surface area contributed by atoms with Gasteiger partial charge in [0.25, 0.3) is 0 Å². The summed E-state index contributed by atoms with van der Waals surface area (Å²) < 4.78 is 0. The number of likely N-dealkylation sites (N-methyl/N-ethyl adjacent to an activating group) is 1. The molecule has 0 unspecified atom stereocenters. The molecule has 0 bridgehead atoms. The fourth-order valence-electron chi connectivity index (χ4n) is 1.70. The lowest BCUT2D eigenvalue weighted by Crippen LogP contribution is -2.47. The number of amides is 3. The van der Waals surface area contributed by atoms with Gasteiger partial charge >= 0.3 is 12.0 Å². The summed E-state index contributed by atoms with van der Waals surface area (Å²) in [6, 6.07) is -0.183. The molecular formula is C12H21N3O4. The molecule has 0 heterocycles. The molecule has 0 radical (unpaired) electrons. The molecule has 1 aliphatic rings. The molecule has 1 fully saturated rings. The minimum Gasteiger partial charge on any atom is -0.480 e. The normalized spacial score (nSPS) is 13.8. The van der Waals surface area contributed by atoms with Gasteiger partial charge in [-0.2, -0.15) is 0 Å². The van der Waals surface area contributed by atoms with Crippen molar-refractivity contribution in [3.8, 4) is 0 Å². The third-order valence-corrected chi connectivity index (χ3v) is 2.74. The number of hydrogen-bond donors (Lipinski definition) is 2. The van der Waals surface area contributed by atoms with Gasteiger partial charge in [0.2, 0.25) is 5.91 Å². The van der Waals surface area contributed by atoms with Gasteiger partial charge in [0.15, 0.2) is 0 Å². The Morgan fingerprint density at radius 2 is 1.89 bits per heavy atom. The van der Waals surface area contributed by atoms with Gasteiger partial charge in [0.05, 0.1) is 0 Å². The van der Waals surface area contributed by atoms with Crippen molar-refractivity contribution in [1.82, 2.24) is 15.1 Å². The van der Waals surface area contributed by atoms with Crippen LogP contribution in [-0.2, 0) is 9.59 Å². The Morgan fingerprint density at radius 1 is 1.26 bits per heavy atom. The van der Waals surface area contributed by atoms with Crippen molar-refractivity contribution in [1.29, 1.82) is 0 Å². The van der Waals surface area contributed by atoms with E-state index < -0.39 is 12.0 Å². The van der Waals surface area contributed by atoms with Crippen LogP contribution in [0.1, 0.15) is 26.2 Å². The zero-order valence-electron chi connectivity index (χ0n) is 11.4. The number of rotatable bonds is 7. The van der Waals surface area contributed by atoms with E-state index in [1.165, 1.54) is 16.8 Å². The van der Waals surface area contributed by atoms with Gasteiger partial charge in [-0.15, -0.1) is 0 Å². The van der Waals surface area contributed by atoms with Crippen LogP contribution in [0.4, 0.5) is 4.79 Å². The van der Waals surface area contributed by atoms with E-state index in [0.717, 1.165) is 12.8 Å². The summed E-state index contributed by atoms with van der Waals surface area (Å²) in [5.41, 5.74) is 0. The number of carboxylic acid groups (broad SMARTS) is 1. The number of aliphatic carboxylic acids is 1. The minimum absolute atomic E-state index is 0.0465. The van der Waals surface area contributed by atoms with Crippen molar-refractivity contribution in [2.75, 3.05) is 26.7 Å². The van der Waals surface area contributed by atoms with Crippen LogP contribution in [0.25, 0.3) is 0 Å². The lowest BCUT2D eigenvalue weighted by molar-refractivity contribution is -0.137. The number of hydrogen-bond acceptors (Lipinski definition) is 3. The van der Waals surface area contributed by atoms with E-state index in [4.69, 9.17) is 5.11 Å². The quantitative estimate of drug-likeness (QED) is 0.688. The van der Waals surface area contributed by atoms with Crippen LogP contribution in [0.15, 0.2) is 0 Å². The topological polar surface area (TPSA) is 90.0 Å². The van der Waals surface area contributed by atoms with Crippen molar-refractivity contribution in [2.45, 2.75) is 32.2 Å². The van der Waals surface area contributed by atoms with E-state index >= 15 is 0 Å². The Hall–Kier alpha value is -1.79. The van der Waals surface area contributed by atoms with E-state index in [1.54, 1.807) is 0 Å². The standard InChI is InChI=1S/C12H21N3O4/c1-3-6-15(8-11(17)18)12(19)14(2)7-10(16)13-9-4-5-9/h9H,3-8H2,1-2H3,(H,13,16)(H,17,18). The van der Waals surface area contributed by atoms with Crippen molar-refractivity contribution in [3.05, 3.63) is 0 Å². The molecule has 1 saturated carbocycles. The molecule has 3 amide bonds. The van der Waals surface area contributed by atoms with Gasteiger partial charge in [-0.05, 0) is 19.3 Å². The Morgan fingerprint density at radius 3 is 2.37 bits per heavy atom. The van der Waals surface area contributed by atoms with Crippen LogP contribution >= 0.6 is 0 Å². The maximum Gasteiger partial charge on any atom is 0.323 e. The maximum atomic E-state index is 12.0. The highest BCUT2D eigenvalue weighted by Crippen LogP contribution is 2.18. The fraction of sp³-hybridized carbons (Fsp3) is 0.750. The number of nitrogens with zero attached hydrogens (tertiary/aromatic N) is 2. The fourth-order valence-corrected chi connectivity index (χ4v) is 1.70. The second-order valence-corrected chi connectivity index (χ2v) is 4.80. The largest absolute Gasteiger partial charge is 0.480 e. The van der Waals surface area contributed by atoms with Crippen LogP contribution in [0.3, 0.4) is 0 Å². The van der Waals surface area contributed by atoms with Gasteiger partial charge in [-0.3, -0.25) is 9.59 Å². The number of urea groups is 1. The Bertz CT molecular complexity index is 355.